The smallest absolute Gasteiger partial charge is 0.246 e. The van der Waals surface area contributed by atoms with Crippen LogP contribution in [0.4, 0.5) is 0 Å². The summed E-state index contributed by atoms with van der Waals surface area (Å²) in [5, 5.41) is 2.91. The largest absolute Gasteiger partial charge is 0.342 e. The van der Waals surface area contributed by atoms with E-state index in [4.69, 9.17) is 0 Å². The van der Waals surface area contributed by atoms with Gasteiger partial charge in [-0.25, -0.2) is 0 Å². The summed E-state index contributed by atoms with van der Waals surface area (Å²) in [6.45, 7) is 5.50. The van der Waals surface area contributed by atoms with Crippen molar-refractivity contribution >= 4 is 11.8 Å². The number of carbonyl (C=O) groups is 2. The Hall–Kier alpha value is -1.14. The van der Waals surface area contributed by atoms with Crippen molar-refractivity contribution in [3.05, 3.63) is 0 Å². The Kier molecular flexibility index (Phi) is 3.92. The first-order valence-corrected chi connectivity index (χ1v) is 7.97. The molecule has 0 bridgehead atoms. The summed E-state index contributed by atoms with van der Waals surface area (Å²) >= 11 is 0. The maximum atomic E-state index is 12.7. The lowest BCUT2D eigenvalue weighted by Gasteiger charge is -2.44. The number of hydrogen-bond acceptors (Lipinski definition) is 4. The fourth-order valence-electron chi connectivity index (χ4n) is 3.37. The third kappa shape index (κ3) is 2.92. The maximum Gasteiger partial charge on any atom is 0.246 e. The number of likely N-dealkylation sites (N-methyl/N-ethyl adjacent to an activating group) is 2. The molecule has 2 amide bonds. The van der Waals surface area contributed by atoms with Crippen molar-refractivity contribution in [2.24, 2.45) is 5.92 Å². The van der Waals surface area contributed by atoms with Crippen molar-refractivity contribution in [1.82, 2.24) is 20.0 Å². The Labute approximate surface area is 126 Å². The second-order valence-corrected chi connectivity index (χ2v) is 6.89. The van der Waals surface area contributed by atoms with Gasteiger partial charge < -0.3 is 15.1 Å². The standard InChI is InChI=1S/C15H26N4O2/c1-10-14(20)16-13(11-4-5-11)15(21)19(10)9-12-8-17(2)6-7-18(12)3/h10-13H,4-9H2,1-3H3,(H,16,20). The fourth-order valence-corrected chi connectivity index (χ4v) is 3.37. The quantitative estimate of drug-likeness (QED) is 0.752. The summed E-state index contributed by atoms with van der Waals surface area (Å²) in [4.78, 5) is 31.3. The van der Waals surface area contributed by atoms with Gasteiger partial charge in [0.25, 0.3) is 0 Å². The van der Waals surface area contributed by atoms with E-state index in [1.54, 1.807) is 0 Å². The fraction of sp³-hybridized carbons (Fsp3) is 0.867. The maximum absolute atomic E-state index is 12.7. The van der Waals surface area contributed by atoms with Crippen LogP contribution in [0.15, 0.2) is 0 Å². The van der Waals surface area contributed by atoms with E-state index in [1.807, 2.05) is 11.8 Å². The number of nitrogens with zero attached hydrogens (tertiary/aromatic N) is 3. The molecule has 3 unspecified atom stereocenters. The average molecular weight is 294 g/mol. The first kappa shape index (κ1) is 14.8. The van der Waals surface area contributed by atoms with Gasteiger partial charge in [0.05, 0.1) is 0 Å². The monoisotopic (exact) mass is 294 g/mol. The van der Waals surface area contributed by atoms with E-state index in [2.05, 4.69) is 29.2 Å². The molecule has 2 heterocycles. The molecule has 6 nitrogen and oxygen atoms in total. The minimum absolute atomic E-state index is 0.00156. The summed E-state index contributed by atoms with van der Waals surface area (Å²) in [5.74, 6) is 0.479. The van der Waals surface area contributed by atoms with Gasteiger partial charge in [-0.2, -0.15) is 0 Å². The summed E-state index contributed by atoms with van der Waals surface area (Å²) in [6.07, 6.45) is 2.12. The molecule has 3 rings (SSSR count). The van der Waals surface area contributed by atoms with Gasteiger partial charge in [-0.15, -0.1) is 0 Å². The molecule has 0 aromatic rings. The normalized spacial score (nSPS) is 36.0. The van der Waals surface area contributed by atoms with Crippen molar-refractivity contribution in [3.63, 3.8) is 0 Å². The Morgan fingerprint density at radius 2 is 1.90 bits per heavy atom. The molecule has 2 aliphatic heterocycles. The zero-order valence-corrected chi connectivity index (χ0v) is 13.2. The summed E-state index contributed by atoms with van der Waals surface area (Å²) < 4.78 is 0. The van der Waals surface area contributed by atoms with Crippen molar-refractivity contribution in [2.75, 3.05) is 40.3 Å². The molecule has 1 saturated carbocycles. The van der Waals surface area contributed by atoms with E-state index in [1.165, 1.54) is 0 Å². The Bertz CT molecular complexity index is 437. The summed E-state index contributed by atoms with van der Waals surface area (Å²) in [7, 11) is 4.22. The second kappa shape index (κ2) is 5.57. The molecule has 1 aliphatic carbocycles. The zero-order valence-electron chi connectivity index (χ0n) is 13.2. The number of rotatable bonds is 3. The van der Waals surface area contributed by atoms with Gasteiger partial charge in [0.1, 0.15) is 12.1 Å². The third-order valence-electron chi connectivity index (χ3n) is 5.17. The minimum Gasteiger partial charge on any atom is -0.342 e. The highest BCUT2D eigenvalue weighted by molar-refractivity contribution is 5.97. The lowest BCUT2D eigenvalue weighted by Crippen LogP contribution is -2.66. The Morgan fingerprint density at radius 1 is 1.19 bits per heavy atom. The summed E-state index contributed by atoms with van der Waals surface area (Å²) in [5.41, 5.74) is 0. The molecule has 21 heavy (non-hydrogen) atoms. The van der Waals surface area contributed by atoms with Gasteiger partial charge in [-0.3, -0.25) is 14.5 Å². The van der Waals surface area contributed by atoms with Crippen LogP contribution in [0.2, 0.25) is 0 Å². The molecule has 3 atom stereocenters. The molecule has 0 spiro atoms. The number of amides is 2. The summed E-state index contributed by atoms with van der Waals surface area (Å²) in [6, 6.07) is -0.325. The second-order valence-electron chi connectivity index (χ2n) is 6.89. The number of hydrogen-bond donors (Lipinski definition) is 1. The Morgan fingerprint density at radius 3 is 2.57 bits per heavy atom. The van der Waals surface area contributed by atoms with E-state index < -0.39 is 0 Å². The molecule has 2 saturated heterocycles. The van der Waals surface area contributed by atoms with Crippen LogP contribution >= 0.6 is 0 Å². The van der Waals surface area contributed by atoms with E-state index in [0.717, 1.165) is 32.5 Å². The van der Waals surface area contributed by atoms with Crippen LogP contribution in [0, 0.1) is 5.92 Å². The van der Waals surface area contributed by atoms with Crippen molar-refractivity contribution in [3.8, 4) is 0 Å². The SMILES string of the molecule is CC1C(=O)NC(C2CC2)C(=O)N1CC1CN(C)CCN1C. The molecular weight excluding hydrogens is 268 g/mol. The first-order valence-electron chi connectivity index (χ1n) is 7.97. The topological polar surface area (TPSA) is 55.9 Å². The van der Waals surface area contributed by atoms with Crippen LogP contribution in [0.25, 0.3) is 0 Å². The zero-order chi connectivity index (χ0) is 15.1. The van der Waals surface area contributed by atoms with Gasteiger partial charge in [0, 0.05) is 32.2 Å². The lowest BCUT2D eigenvalue weighted by atomic mass is 10.0. The van der Waals surface area contributed by atoms with Crippen molar-refractivity contribution < 1.29 is 9.59 Å². The molecule has 0 aromatic carbocycles. The van der Waals surface area contributed by atoms with E-state index in [9.17, 15) is 9.59 Å². The molecule has 3 aliphatic rings. The molecule has 0 aromatic heterocycles. The van der Waals surface area contributed by atoms with Gasteiger partial charge in [-0.1, -0.05) is 0 Å². The van der Waals surface area contributed by atoms with Crippen LogP contribution in [0.1, 0.15) is 19.8 Å². The van der Waals surface area contributed by atoms with Crippen LogP contribution < -0.4 is 5.32 Å². The van der Waals surface area contributed by atoms with Crippen LogP contribution in [-0.4, -0.2) is 84.9 Å². The van der Waals surface area contributed by atoms with E-state index in [0.29, 0.717) is 18.5 Å². The molecule has 0 radical (unpaired) electrons. The minimum atomic E-state index is -0.354. The first-order chi connectivity index (χ1) is 9.97. The van der Waals surface area contributed by atoms with Gasteiger partial charge >= 0.3 is 0 Å². The molecule has 3 fully saturated rings. The van der Waals surface area contributed by atoms with E-state index in [-0.39, 0.29) is 23.9 Å². The third-order valence-corrected chi connectivity index (χ3v) is 5.17. The predicted octanol–water partition coefficient (Wildman–Crippen LogP) is -0.642. The highest BCUT2D eigenvalue weighted by atomic mass is 16.2. The number of piperazine rings is 2. The van der Waals surface area contributed by atoms with Gasteiger partial charge in [0.2, 0.25) is 11.8 Å². The van der Waals surface area contributed by atoms with Gasteiger partial charge in [-0.05, 0) is 39.8 Å². The van der Waals surface area contributed by atoms with E-state index >= 15 is 0 Å². The van der Waals surface area contributed by atoms with Crippen LogP contribution in [0.3, 0.4) is 0 Å². The molecule has 118 valence electrons. The van der Waals surface area contributed by atoms with Crippen molar-refractivity contribution in [1.29, 1.82) is 0 Å². The molecular formula is C15H26N4O2. The molecule has 1 N–H and O–H groups in total. The van der Waals surface area contributed by atoms with Crippen LogP contribution in [0.5, 0.6) is 0 Å². The number of nitrogens with one attached hydrogen (secondary N) is 1. The van der Waals surface area contributed by atoms with Crippen LogP contribution in [-0.2, 0) is 9.59 Å². The van der Waals surface area contributed by atoms with Crippen molar-refractivity contribution in [2.45, 2.75) is 37.9 Å². The predicted molar refractivity (Wildman–Crippen MR) is 79.7 cm³/mol. The highest BCUT2D eigenvalue weighted by Gasteiger charge is 2.46. The molecule has 6 heteroatoms. The lowest BCUT2D eigenvalue weighted by molar-refractivity contribution is -0.150. The number of carbonyl (C=O) groups excluding carboxylic acids is 2. The highest BCUT2D eigenvalue weighted by Crippen LogP contribution is 2.35. The average Bonchev–Trinajstić information content (AvgIpc) is 3.27. The van der Waals surface area contributed by atoms with Gasteiger partial charge in [0.15, 0.2) is 0 Å². The Balaban J connectivity index is 1.71.